The molecule has 3 N–H and O–H groups in total. The van der Waals surface area contributed by atoms with Gasteiger partial charge in [-0.15, -0.1) is 24.0 Å². The fourth-order valence-electron chi connectivity index (χ4n) is 1.62. The molecule has 0 aliphatic heterocycles. The largest absolute Gasteiger partial charge is 0.504 e. The first-order valence-corrected chi connectivity index (χ1v) is 6.58. The Hall–Kier alpha value is -1.22. The first-order chi connectivity index (χ1) is 9.71. The third-order valence-electron chi connectivity index (χ3n) is 2.61. The second-order valence-corrected chi connectivity index (χ2v) is 4.12. The number of halogens is 1. The van der Waals surface area contributed by atoms with Crippen molar-refractivity contribution >= 4 is 29.9 Å². The monoisotopic (exact) mass is 409 g/mol. The molecule has 0 unspecified atom stereocenters. The number of methoxy groups -OCH3 is 2. The molecule has 0 heterocycles. The average molecular weight is 409 g/mol. The lowest BCUT2D eigenvalue weighted by Crippen LogP contribution is -2.38. The van der Waals surface area contributed by atoms with Gasteiger partial charge in [-0.05, 0) is 24.6 Å². The van der Waals surface area contributed by atoms with E-state index in [-0.39, 0.29) is 29.7 Å². The third kappa shape index (κ3) is 7.37. The number of ether oxygens (including phenoxy) is 2. The van der Waals surface area contributed by atoms with Gasteiger partial charge in [0.05, 0.1) is 20.3 Å². The predicted octanol–water partition coefficient (Wildman–Crippen LogP) is 1.72. The van der Waals surface area contributed by atoms with Crippen LogP contribution in [0.15, 0.2) is 23.2 Å². The van der Waals surface area contributed by atoms with Crippen molar-refractivity contribution in [2.45, 2.75) is 13.5 Å². The molecular weight excluding hydrogens is 385 g/mol. The number of phenols is 1. The van der Waals surface area contributed by atoms with Crippen molar-refractivity contribution in [2.24, 2.45) is 4.99 Å². The summed E-state index contributed by atoms with van der Waals surface area (Å²) in [6.07, 6.45) is 0. The van der Waals surface area contributed by atoms with Crippen LogP contribution in [0, 0.1) is 0 Å². The van der Waals surface area contributed by atoms with E-state index in [0.29, 0.717) is 25.4 Å². The lowest BCUT2D eigenvalue weighted by molar-refractivity contribution is 0.203. The van der Waals surface area contributed by atoms with Crippen LogP contribution in [0.2, 0.25) is 0 Å². The topological polar surface area (TPSA) is 75.1 Å². The van der Waals surface area contributed by atoms with Crippen molar-refractivity contribution < 1.29 is 14.6 Å². The highest BCUT2D eigenvalue weighted by molar-refractivity contribution is 14.0. The molecule has 0 aliphatic carbocycles. The van der Waals surface area contributed by atoms with Gasteiger partial charge in [0.1, 0.15) is 0 Å². The molecule has 0 spiro atoms. The number of aromatic hydroxyl groups is 1. The molecule has 1 rings (SSSR count). The summed E-state index contributed by atoms with van der Waals surface area (Å²) in [6, 6.07) is 5.26. The summed E-state index contributed by atoms with van der Waals surface area (Å²) < 4.78 is 9.99. The minimum absolute atomic E-state index is 0. The van der Waals surface area contributed by atoms with E-state index < -0.39 is 0 Å². The number of hydrogen-bond donors (Lipinski definition) is 3. The van der Waals surface area contributed by atoms with Crippen molar-refractivity contribution in [3.63, 3.8) is 0 Å². The van der Waals surface area contributed by atoms with E-state index in [1.165, 1.54) is 7.11 Å². The molecule has 0 aliphatic rings. The number of nitrogens with one attached hydrogen (secondary N) is 2. The van der Waals surface area contributed by atoms with Gasteiger partial charge < -0.3 is 25.2 Å². The molecule has 0 amide bonds. The number of nitrogens with zero attached hydrogens (tertiary/aromatic N) is 1. The van der Waals surface area contributed by atoms with Crippen LogP contribution in [0.25, 0.3) is 0 Å². The van der Waals surface area contributed by atoms with Crippen LogP contribution < -0.4 is 15.4 Å². The Bertz CT molecular complexity index is 441. The molecule has 0 aromatic heterocycles. The van der Waals surface area contributed by atoms with E-state index in [2.05, 4.69) is 15.6 Å². The molecule has 7 heteroatoms. The Morgan fingerprint density at radius 3 is 2.62 bits per heavy atom. The Morgan fingerprint density at radius 1 is 1.29 bits per heavy atom. The van der Waals surface area contributed by atoms with Gasteiger partial charge in [0, 0.05) is 20.2 Å². The van der Waals surface area contributed by atoms with Crippen molar-refractivity contribution in [3.8, 4) is 11.5 Å². The van der Waals surface area contributed by atoms with Crippen molar-refractivity contribution in [1.29, 1.82) is 0 Å². The summed E-state index contributed by atoms with van der Waals surface area (Å²) in [7, 11) is 3.18. The number of aliphatic imine (C=N–C) groups is 1. The number of rotatable bonds is 7. The van der Waals surface area contributed by atoms with Gasteiger partial charge in [0.2, 0.25) is 0 Å². The third-order valence-corrected chi connectivity index (χ3v) is 2.61. The lowest BCUT2D eigenvalue weighted by Gasteiger charge is -2.11. The van der Waals surface area contributed by atoms with E-state index in [9.17, 15) is 5.11 Å². The minimum Gasteiger partial charge on any atom is -0.504 e. The first-order valence-electron chi connectivity index (χ1n) is 6.58. The van der Waals surface area contributed by atoms with Gasteiger partial charge in [-0.3, -0.25) is 0 Å². The Morgan fingerprint density at radius 2 is 2.05 bits per heavy atom. The Balaban J connectivity index is 0.00000400. The van der Waals surface area contributed by atoms with Gasteiger partial charge in [0.25, 0.3) is 0 Å². The zero-order chi connectivity index (χ0) is 14.8. The van der Waals surface area contributed by atoms with Gasteiger partial charge in [-0.2, -0.15) is 0 Å². The van der Waals surface area contributed by atoms with Crippen molar-refractivity contribution in [2.75, 3.05) is 33.9 Å². The van der Waals surface area contributed by atoms with E-state index >= 15 is 0 Å². The molecule has 120 valence electrons. The van der Waals surface area contributed by atoms with E-state index in [1.54, 1.807) is 19.2 Å². The predicted molar refractivity (Wildman–Crippen MR) is 94.8 cm³/mol. The lowest BCUT2D eigenvalue weighted by atomic mass is 10.2. The number of hydrogen-bond acceptors (Lipinski definition) is 4. The number of benzene rings is 1. The number of guanidine groups is 1. The standard InChI is InChI=1S/C14H23N3O3.HI/c1-4-15-14(16-7-8-19-2)17-10-11-5-6-13(20-3)12(18)9-11;/h5-6,9,18H,4,7-8,10H2,1-3H3,(H2,15,16,17);1H. The molecule has 0 atom stereocenters. The van der Waals surface area contributed by atoms with Crippen LogP contribution in [0.5, 0.6) is 11.5 Å². The summed E-state index contributed by atoms with van der Waals surface area (Å²) >= 11 is 0. The SMILES string of the molecule is CCNC(=NCc1ccc(OC)c(O)c1)NCCOC.I. The molecule has 0 saturated carbocycles. The van der Waals surface area contributed by atoms with Gasteiger partial charge in [-0.1, -0.05) is 6.07 Å². The summed E-state index contributed by atoms with van der Waals surface area (Å²) in [5.74, 6) is 1.31. The molecule has 0 fully saturated rings. The maximum Gasteiger partial charge on any atom is 0.191 e. The van der Waals surface area contributed by atoms with Crippen LogP contribution in [-0.2, 0) is 11.3 Å². The van der Waals surface area contributed by atoms with Crippen molar-refractivity contribution in [1.82, 2.24) is 10.6 Å². The molecule has 1 aromatic rings. The molecule has 21 heavy (non-hydrogen) atoms. The van der Waals surface area contributed by atoms with Crippen LogP contribution >= 0.6 is 24.0 Å². The van der Waals surface area contributed by atoms with Crippen LogP contribution in [-0.4, -0.2) is 45.0 Å². The minimum atomic E-state index is 0. The van der Waals surface area contributed by atoms with Crippen molar-refractivity contribution in [3.05, 3.63) is 23.8 Å². The highest BCUT2D eigenvalue weighted by Crippen LogP contribution is 2.26. The maximum atomic E-state index is 9.71. The quantitative estimate of drug-likeness (QED) is 0.277. The summed E-state index contributed by atoms with van der Waals surface area (Å²) in [5, 5.41) is 16.0. The summed E-state index contributed by atoms with van der Waals surface area (Å²) in [6.45, 7) is 4.57. The zero-order valence-electron chi connectivity index (χ0n) is 12.7. The fourth-order valence-corrected chi connectivity index (χ4v) is 1.62. The van der Waals surface area contributed by atoms with Gasteiger partial charge in [0.15, 0.2) is 17.5 Å². The highest BCUT2D eigenvalue weighted by Gasteiger charge is 2.02. The summed E-state index contributed by atoms with van der Waals surface area (Å²) in [5.41, 5.74) is 0.909. The van der Waals surface area contributed by atoms with Crippen LogP contribution in [0.1, 0.15) is 12.5 Å². The second-order valence-electron chi connectivity index (χ2n) is 4.12. The zero-order valence-corrected chi connectivity index (χ0v) is 15.0. The summed E-state index contributed by atoms with van der Waals surface area (Å²) in [4.78, 5) is 4.44. The van der Waals surface area contributed by atoms with Crippen LogP contribution in [0.3, 0.4) is 0 Å². The molecule has 0 radical (unpaired) electrons. The fraction of sp³-hybridized carbons (Fsp3) is 0.500. The molecule has 1 aromatic carbocycles. The molecule has 0 bridgehead atoms. The highest BCUT2D eigenvalue weighted by atomic mass is 127. The van der Waals surface area contributed by atoms with Gasteiger partial charge >= 0.3 is 0 Å². The Labute approximate surface area is 143 Å². The van der Waals surface area contributed by atoms with Crippen LogP contribution in [0.4, 0.5) is 0 Å². The number of phenolic OH excluding ortho intramolecular Hbond substituents is 1. The molecule has 6 nitrogen and oxygen atoms in total. The smallest absolute Gasteiger partial charge is 0.191 e. The van der Waals surface area contributed by atoms with E-state index in [0.717, 1.165) is 18.1 Å². The van der Waals surface area contributed by atoms with Gasteiger partial charge in [-0.25, -0.2) is 4.99 Å². The van der Waals surface area contributed by atoms with E-state index in [1.807, 2.05) is 13.0 Å². The second kappa shape index (κ2) is 11.4. The normalized spacial score (nSPS) is 10.7. The van der Waals surface area contributed by atoms with E-state index in [4.69, 9.17) is 9.47 Å². The Kier molecular flexibility index (Phi) is 10.8. The first kappa shape index (κ1) is 19.8. The maximum absolute atomic E-state index is 9.71. The molecule has 0 saturated heterocycles. The average Bonchev–Trinajstić information content (AvgIpc) is 2.45. The molecular formula is C14H24IN3O3.